The number of benzene rings is 1. The molecule has 0 saturated carbocycles. The van der Waals surface area contributed by atoms with Gasteiger partial charge in [-0.25, -0.2) is 13.1 Å². The third-order valence-corrected chi connectivity index (χ3v) is 5.32. The van der Waals surface area contributed by atoms with Crippen molar-refractivity contribution in [3.05, 3.63) is 29.8 Å². The molecule has 1 saturated heterocycles. The van der Waals surface area contributed by atoms with Crippen molar-refractivity contribution < 1.29 is 13.2 Å². The van der Waals surface area contributed by atoms with Gasteiger partial charge in [0.2, 0.25) is 10.0 Å². The number of nitrogens with one attached hydrogen (secondary N) is 2. The molecule has 1 aliphatic rings. The molecule has 5 nitrogen and oxygen atoms in total. The van der Waals surface area contributed by atoms with Crippen LogP contribution in [0.15, 0.2) is 29.2 Å². The van der Waals surface area contributed by atoms with E-state index in [0.717, 1.165) is 25.1 Å². The van der Waals surface area contributed by atoms with E-state index in [4.69, 9.17) is 4.74 Å². The van der Waals surface area contributed by atoms with E-state index in [1.54, 1.807) is 12.1 Å². The van der Waals surface area contributed by atoms with Crippen LogP contribution in [-0.4, -0.2) is 34.2 Å². The summed E-state index contributed by atoms with van der Waals surface area (Å²) in [5, 5.41) is 3.21. The molecular formula is C15H24N2O3S. The molecule has 21 heavy (non-hydrogen) atoms. The monoisotopic (exact) mass is 312 g/mol. The van der Waals surface area contributed by atoms with Crippen molar-refractivity contribution in [3.63, 3.8) is 0 Å². The summed E-state index contributed by atoms with van der Waals surface area (Å²) in [5.41, 5.74) is 1.08. The van der Waals surface area contributed by atoms with Crippen LogP contribution in [-0.2, 0) is 21.3 Å². The summed E-state index contributed by atoms with van der Waals surface area (Å²) in [6.45, 7) is 6.82. The van der Waals surface area contributed by atoms with Gasteiger partial charge in [0.1, 0.15) is 0 Å². The molecule has 118 valence electrons. The first-order chi connectivity index (χ1) is 10.0. The lowest BCUT2D eigenvalue weighted by molar-refractivity contribution is 0.107. The van der Waals surface area contributed by atoms with Crippen molar-refractivity contribution in [2.24, 2.45) is 5.92 Å². The maximum absolute atomic E-state index is 12.3. The Morgan fingerprint density at radius 3 is 2.57 bits per heavy atom. The van der Waals surface area contributed by atoms with Crippen LogP contribution >= 0.6 is 0 Å². The predicted octanol–water partition coefficient (Wildman–Crippen LogP) is 1.50. The lowest BCUT2D eigenvalue weighted by Gasteiger charge is -2.15. The SMILES string of the molecule is CCNCc1ccc(S(=O)(=O)NCC2CCOC2C)cc1. The third-order valence-electron chi connectivity index (χ3n) is 3.88. The highest BCUT2D eigenvalue weighted by Crippen LogP contribution is 2.20. The quantitative estimate of drug-likeness (QED) is 0.801. The highest BCUT2D eigenvalue weighted by Gasteiger charge is 2.26. The molecule has 0 amide bonds. The van der Waals surface area contributed by atoms with Crippen molar-refractivity contribution in [2.75, 3.05) is 19.7 Å². The second kappa shape index (κ2) is 7.35. The van der Waals surface area contributed by atoms with E-state index in [1.807, 2.05) is 26.0 Å². The van der Waals surface area contributed by atoms with E-state index in [2.05, 4.69) is 10.0 Å². The van der Waals surface area contributed by atoms with Crippen LogP contribution in [0.2, 0.25) is 0 Å². The molecule has 0 aromatic heterocycles. The number of rotatable bonds is 7. The van der Waals surface area contributed by atoms with Crippen LogP contribution in [0.4, 0.5) is 0 Å². The molecule has 1 aromatic carbocycles. The van der Waals surface area contributed by atoms with Crippen LogP contribution < -0.4 is 10.0 Å². The van der Waals surface area contributed by atoms with E-state index < -0.39 is 10.0 Å². The van der Waals surface area contributed by atoms with Gasteiger partial charge in [0.05, 0.1) is 11.0 Å². The second-order valence-corrected chi connectivity index (χ2v) is 7.17. The Kier molecular flexibility index (Phi) is 5.75. The molecule has 0 bridgehead atoms. The Hall–Kier alpha value is -0.950. The van der Waals surface area contributed by atoms with Gasteiger partial charge in [-0.1, -0.05) is 19.1 Å². The van der Waals surface area contributed by atoms with Gasteiger partial charge in [-0.2, -0.15) is 0 Å². The summed E-state index contributed by atoms with van der Waals surface area (Å²) in [6, 6.07) is 7.00. The first-order valence-corrected chi connectivity index (χ1v) is 8.92. The zero-order valence-electron chi connectivity index (χ0n) is 12.6. The Bertz CT molecular complexity index is 543. The third kappa shape index (κ3) is 4.51. The highest BCUT2D eigenvalue weighted by molar-refractivity contribution is 7.89. The highest BCUT2D eigenvalue weighted by atomic mass is 32.2. The van der Waals surface area contributed by atoms with E-state index in [0.29, 0.717) is 18.0 Å². The number of hydrogen-bond acceptors (Lipinski definition) is 4. The average molecular weight is 312 g/mol. The lowest BCUT2D eigenvalue weighted by Crippen LogP contribution is -2.32. The summed E-state index contributed by atoms with van der Waals surface area (Å²) in [4.78, 5) is 0.314. The van der Waals surface area contributed by atoms with Gasteiger partial charge < -0.3 is 10.1 Å². The molecular weight excluding hydrogens is 288 g/mol. The number of ether oxygens (including phenoxy) is 1. The van der Waals surface area contributed by atoms with Gasteiger partial charge in [-0.15, -0.1) is 0 Å². The molecule has 1 aromatic rings. The van der Waals surface area contributed by atoms with Gasteiger partial charge in [-0.05, 0) is 37.6 Å². The van der Waals surface area contributed by atoms with Crippen LogP contribution in [0.25, 0.3) is 0 Å². The second-order valence-electron chi connectivity index (χ2n) is 5.40. The molecule has 1 fully saturated rings. The first kappa shape index (κ1) is 16.4. The standard InChI is InChI=1S/C15H24N2O3S/c1-3-16-10-13-4-6-15(7-5-13)21(18,19)17-11-14-8-9-20-12(14)2/h4-7,12,14,16-17H,3,8-11H2,1-2H3. The van der Waals surface area contributed by atoms with Gasteiger partial charge >= 0.3 is 0 Å². The van der Waals surface area contributed by atoms with E-state index in [-0.39, 0.29) is 12.0 Å². The Labute approximate surface area is 127 Å². The Balaban J connectivity index is 1.95. The largest absolute Gasteiger partial charge is 0.378 e. The van der Waals surface area contributed by atoms with Crippen LogP contribution in [0.1, 0.15) is 25.8 Å². The molecule has 2 unspecified atom stereocenters. The minimum atomic E-state index is -3.43. The summed E-state index contributed by atoms with van der Waals surface area (Å²) >= 11 is 0. The maximum Gasteiger partial charge on any atom is 0.240 e. The normalized spacial score (nSPS) is 22.6. The summed E-state index contributed by atoms with van der Waals surface area (Å²) in [7, 11) is -3.43. The zero-order valence-corrected chi connectivity index (χ0v) is 13.4. The summed E-state index contributed by atoms with van der Waals surface area (Å²) < 4.78 is 32.6. The molecule has 0 aliphatic carbocycles. The van der Waals surface area contributed by atoms with E-state index in [9.17, 15) is 8.42 Å². The molecule has 0 spiro atoms. The van der Waals surface area contributed by atoms with Crippen molar-refractivity contribution >= 4 is 10.0 Å². The van der Waals surface area contributed by atoms with Crippen molar-refractivity contribution in [1.82, 2.24) is 10.0 Å². The molecule has 1 heterocycles. The minimum absolute atomic E-state index is 0.121. The Morgan fingerprint density at radius 2 is 2.00 bits per heavy atom. The van der Waals surface area contributed by atoms with Gasteiger partial charge in [0, 0.05) is 25.6 Å². The fourth-order valence-corrected chi connectivity index (χ4v) is 3.49. The predicted molar refractivity (Wildman–Crippen MR) is 82.5 cm³/mol. The topological polar surface area (TPSA) is 67.4 Å². The fraction of sp³-hybridized carbons (Fsp3) is 0.600. The zero-order chi connectivity index (χ0) is 15.3. The van der Waals surface area contributed by atoms with Crippen LogP contribution in [0.3, 0.4) is 0 Å². The number of sulfonamides is 1. The van der Waals surface area contributed by atoms with Crippen molar-refractivity contribution in [3.8, 4) is 0 Å². The lowest BCUT2D eigenvalue weighted by atomic mass is 10.0. The Morgan fingerprint density at radius 1 is 1.29 bits per heavy atom. The minimum Gasteiger partial charge on any atom is -0.378 e. The fourth-order valence-electron chi connectivity index (χ4n) is 2.40. The molecule has 2 rings (SSSR count). The molecule has 2 N–H and O–H groups in total. The number of hydrogen-bond donors (Lipinski definition) is 2. The van der Waals surface area contributed by atoms with Crippen molar-refractivity contribution in [2.45, 2.75) is 37.8 Å². The smallest absolute Gasteiger partial charge is 0.240 e. The average Bonchev–Trinajstić information content (AvgIpc) is 2.89. The molecule has 6 heteroatoms. The van der Waals surface area contributed by atoms with Gasteiger partial charge in [0.15, 0.2) is 0 Å². The summed E-state index contributed by atoms with van der Waals surface area (Å²) in [5.74, 6) is 0.257. The van der Waals surface area contributed by atoms with Gasteiger partial charge in [0.25, 0.3) is 0 Å². The molecule has 2 atom stereocenters. The first-order valence-electron chi connectivity index (χ1n) is 7.44. The van der Waals surface area contributed by atoms with E-state index >= 15 is 0 Å². The van der Waals surface area contributed by atoms with Crippen LogP contribution in [0, 0.1) is 5.92 Å². The summed E-state index contributed by atoms with van der Waals surface area (Å²) in [6.07, 6.45) is 1.03. The van der Waals surface area contributed by atoms with Crippen molar-refractivity contribution in [1.29, 1.82) is 0 Å². The van der Waals surface area contributed by atoms with E-state index in [1.165, 1.54) is 0 Å². The van der Waals surface area contributed by atoms with Gasteiger partial charge in [-0.3, -0.25) is 0 Å². The molecule has 0 radical (unpaired) electrons. The maximum atomic E-state index is 12.3. The molecule has 1 aliphatic heterocycles. The van der Waals surface area contributed by atoms with Crippen LogP contribution in [0.5, 0.6) is 0 Å².